The monoisotopic (exact) mass is 160 g/mol. The quantitative estimate of drug-likeness (QED) is 0.617. The third kappa shape index (κ3) is 2.43. The summed E-state index contributed by atoms with van der Waals surface area (Å²) in [6.45, 7) is 5.97. The maximum Gasteiger partial charge on any atom is 0.163 e. The Morgan fingerprint density at radius 1 is 0.909 bits per heavy atom. The molecule has 0 aliphatic carbocycles. The molecule has 3 nitrogen and oxygen atoms in total. The van der Waals surface area contributed by atoms with Gasteiger partial charge in [0, 0.05) is 0 Å². The van der Waals surface area contributed by atoms with Crippen molar-refractivity contribution in [2.24, 2.45) is 0 Å². The molecule has 1 aliphatic rings. The Hall–Kier alpha value is -0.120. The van der Waals surface area contributed by atoms with Gasteiger partial charge in [-0.25, -0.2) is 0 Å². The summed E-state index contributed by atoms with van der Waals surface area (Å²) in [6, 6.07) is 0. The van der Waals surface area contributed by atoms with Crippen molar-refractivity contribution in [3.8, 4) is 0 Å². The van der Waals surface area contributed by atoms with E-state index in [4.69, 9.17) is 14.2 Å². The van der Waals surface area contributed by atoms with E-state index < -0.39 is 0 Å². The number of rotatable bonds is 2. The summed E-state index contributed by atoms with van der Waals surface area (Å²) in [6.07, 6.45) is 1.47. The van der Waals surface area contributed by atoms with E-state index in [2.05, 4.69) is 0 Å². The Morgan fingerprint density at radius 2 is 1.36 bits per heavy atom. The average molecular weight is 160 g/mol. The van der Waals surface area contributed by atoms with Gasteiger partial charge in [0.2, 0.25) is 0 Å². The van der Waals surface area contributed by atoms with Crippen LogP contribution in [0.15, 0.2) is 0 Å². The first-order chi connectivity index (χ1) is 5.26. The topological polar surface area (TPSA) is 27.7 Å². The van der Waals surface area contributed by atoms with Gasteiger partial charge in [-0.15, -0.1) is 0 Å². The maximum absolute atomic E-state index is 5.41. The van der Waals surface area contributed by atoms with Crippen molar-refractivity contribution in [3.05, 3.63) is 0 Å². The van der Waals surface area contributed by atoms with E-state index in [1.54, 1.807) is 0 Å². The van der Waals surface area contributed by atoms with Gasteiger partial charge < -0.3 is 14.2 Å². The van der Waals surface area contributed by atoms with Crippen molar-refractivity contribution >= 4 is 0 Å². The molecule has 0 bridgehead atoms. The van der Waals surface area contributed by atoms with Crippen LogP contribution in [0.25, 0.3) is 0 Å². The molecule has 0 aromatic rings. The molecule has 1 rings (SSSR count). The highest BCUT2D eigenvalue weighted by molar-refractivity contribution is 4.52. The molecular formula is C8H16O3. The smallest absolute Gasteiger partial charge is 0.163 e. The van der Waals surface area contributed by atoms with Gasteiger partial charge in [-0.3, -0.25) is 0 Å². The number of hydrogen-bond acceptors (Lipinski definition) is 3. The van der Waals surface area contributed by atoms with E-state index in [1.165, 1.54) is 0 Å². The SMILES string of the molecule is CC[C@H]1OC(C)O[C@H](CC)O1. The lowest BCUT2D eigenvalue weighted by Gasteiger charge is -2.33. The second-order valence-corrected chi connectivity index (χ2v) is 2.65. The van der Waals surface area contributed by atoms with Crippen LogP contribution in [-0.4, -0.2) is 18.9 Å². The van der Waals surface area contributed by atoms with E-state index in [0.717, 1.165) is 12.8 Å². The molecule has 0 spiro atoms. The summed E-state index contributed by atoms with van der Waals surface area (Å²) in [5, 5.41) is 0. The average Bonchev–Trinajstić information content (AvgIpc) is 2.03. The summed E-state index contributed by atoms with van der Waals surface area (Å²) < 4.78 is 16.1. The molecule has 1 aliphatic heterocycles. The zero-order valence-electron chi connectivity index (χ0n) is 7.37. The van der Waals surface area contributed by atoms with Gasteiger partial charge in [0.25, 0.3) is 0 Å². The predicted octanol–water partition coefficient (Wildman–Crippen LogP) is 1.87. The van der Waals surface area contributed by atoms with Gasteiger partial charge in [-0.05, 0) is 19.8 Å². The minimum Gasteiger partial charge on any atom is -0.324 e. The lowest BCUT2D eigenvalue weighted by atomic mass is 10.4. The Morgan fingerprint density at radius 3 is 1.73 bits per heavy atom. The first-order valence-corrected chi connectivity index (χ1v) is 4.22. The minimum absolute atomic E-state index is 0.0799. The first kappa shape index (κ1) is 8.97. The molecule has 0 N–H and O–H groups in total. The van der Waals surface area contributed by atoms with Gasteiger partial charge in [-0.2, -0.15) is 0 Å². The Kier molecular flexibility index (Phi) is 3.30. The molecule has 0 aromatic carbocycles. The van der Waals surface area contributed by atoms with E-state index in [0.29, 0.717) is 0 Å². The maximum atomic E-state index is 5.41. The molecule has 66 valence electrons. The van der Waals surface area contributed by atoms with Crippen molar-refractivity contribution < 1.29 is 14.2 Å². The van der Waals surface area contributed by atoms with Crippen LogP contribution in [-0.2, 0) is 14.2 Å². The van der Waals surface area contributed by atoms with E-state index in [-0.39, 0.29) is 18.9 Å². The lowest BCUT2D eigenvalue weighted by molar-refractivity contribution is -0.378. The molecule has 2 atom stereocenters. The Labute approximate surface area is 67.6 Å². The molecule has 3 heteroatoms. The number of hydrogen-bond donors (Lipinski definition) is 0. The molecule has 0 amide bonds. The molecule has 1 heterocycles. The van der Waals surface area contributed by atoms with Crippen LogP contribution in [0.5, 0.6) is 0 Å². The van der Waals surface area contributed by atoms with Gasteiger partial charge in [-0.1, -0.05) is 13.8 Å². The van der Waals surface area contributed by atoms with E-state index in [9.17, 15) is 0 Å². The lowest BCUT2D eigenvalue weighted by Crippen LogP contribution is -2.38. The van der Waals surface area contributed by atoms with Crippen molar-refractivity contribution in [1.29, 1.82) is 0 Å². The summed E-state index contributed by atoms with van der Waals surface area (Å²) >= 11 is 0. The molecule has 0 radical (unpaired) electrons. The Balaban J connectivity index is 2.37. The highest BCUT2D eigenvalue weighted by Crippen LogP contribution is 2.18. The first-order valence-electron chi connectivity index (χ1n) is 4.22. The molecular weight excluding hydrogens is 144 g/mol. The van der Waals surface area contributed by atoms with Crippen LogP contribution in [0.3, 0.4) is 0 Å². The predicted molar refractivity (Wildman–Crippen MR) is 40.9 cm³/mol. The van der Waals surface area contributed by atoms with E-state index in [1.807, 2.05) is 20.8 Å². The summed E-state index contributed by atoms with van der Waals surface area (Å²) in [5.41, 5.74) is 0. The fourth-order valence-electron chi connectivity index (χ4n) is 1.08. The minimum atomic E-state index is -0.126. The van der Waals surface area contributed by atoms with Crippen molar-refractivity contribution in [1.82, 2.24) is 0 Å². The van der Waals surface area contributed by atoms with Crippen LogP contribution in [0.4, 0.5) is 0 Å². The third-order valence-corrected chi connectivity index (χ3v) is 1.66. The molecule has 1 saturated heterocycles. The second kappa shape index (κ2) is 4.04. The number of ether oxygens (including phenoxy) is 3. The summed E-state index contributed by atoms with van der Waals surface area (Å²) in [7, 11) is 0. The Bertz CT molecular complexity index is 104. The van der Waals surface area contributed by atoms with Crippen molar-refractivity contribution in [2.75, 3.05) is 0 Å². The van der Waals surface area contributed by atoms with Gasteiger partial charge in [0.15, 0.2) is 18.9 Å². The third-order valence-electron chi connectivity index (χ3n) is 1.66. The fourth-order valence-corrected chi connectivity index (χ4v) is 1.08. The molecule has 0 aromatic heterocycles. The fraction of sp³-hybridized carbons (Fsp3) is 1.00. The van der Waals surface area contributed by atoms with Gasteiger partial charge >= 0.3 is 0 Å². The van der Waals surface area contributed by atoms with Gasteiger partial charge in [0.1, 0.15) is 0 Å². The van der Waals surface area contributed by atoms with Gasteiger partial charge in [0.05, 0.1) is 0 Å². The van der Waals surface area contributed by atoms with Crippen molar-refractivity contribution in [2.45, 2.75) is 52.5 Å². The highest BCUT2D eigenvalue weighted by atomic mass is 16.9. The van der Waals surface area contributed by atoms with Crippen LogP contribution in [0.1, 0.15) is 33.6 Å². The summed E-state index contributed by atoms with van der Waals surface area (Å²) in [4.78, 5) is 0. The van der Waals surface area contributed by atoms with Crippen LogP contribution in [0, 0.1) is 0 Å². The van der Waals surface area contributed by atoms with Crippen LogP contribution >= 0.6 is 0 Å². The van der Waals surface area contributed by atoms with Crippen LogP contribution in [0.2, 0.25) is 0 Å². The molecule has 1 fully saturated rings. The van der Waals surface area contributed by atoms with Crippen molar-refractivity contribution in [3.63, 3.8) is 0 Å². The zero-order chi connectivity index (χ0) is 8.27. The largest absolute Gasteiger partial charge is 0.324 e. The second-order valence-electron chi connectivity index (χ2n) is 2.65. The zero-order valence-corrected chi connectivity index (χ0v) is 7.37. The van der Waals surface area contributed by atoms with E-state index >= 15 is 0 Å². The normalized spacial score (nSPS) is 39.0. The highest BCUT2D eigenvalue weighted by Gasteiger charge is 2.25. The summed E-state index contributed by atoms with van der Waals surface area (Å²) in [5.74, 6) is 0. The molecule has 0 unspecified atom stereocenters. The molecule has 0 saturated carbocycles. The van der Waals surface area contributed by atoms with Crippen LogP contribution < -0.4 is 0 Å². The molecule has 11 heavy (non-hydrogen) atoms. The standard InChI is InChI=1S/C8H16O3/c1-4-7-9-6(3)10-8(5-2)11-7/h6-8H,4-5H2,1-3H3/t7-,8-/m0/s1.